The second kappa shape index (κ2) is 4.64. The van der Waals surface area contributed by atoms with E-state index in [-0.39, 0.29) is 0 Å². The summed E-state index contributed by atoms with van der Waals surface area (Å²) in [5.41, 5.74) is 6.42. The number of hydrogen-bond acceptors (Lipinski definition) is 4. The zero-order valence-electron chi connectivity index (χ0n) is 10.1. The van der Waals surface area contributed by atoms with Crippen molar-refractivity contribution in [3.8, 4) is 0 Å². The first-order valence-corrected chi connectivity index (χ1v) is 5.74. The molecule has 2 rings (SSSR count). The third kappa shape index (κ3) is 2.27. The highest BCUT2D eigenvalue weighted by atomic mass is 16.4. The van der Waals surface area contributed by atoms with Crippen molar-refractivity contribution in [3.63, 3.8) is 0 Å². The van der Waals surface area contributed by atoms with Gasteiger partial charge < -0.3 is 15.7 Å². The molecule has 6 nitrogen and oxygen atoms in total. The number of pyridine rings is 1. The van der Waals surface area contributed by atoms with Crippen molar-refractivity contribution >= 4 is 17.7 Å². The minimum absolute atomic E-state index is 0.339. The summed E-state index contributed by atoms with van der Waals surface area (Å²) in [7, 11) is 0. The van der Waals surface area contributed by atoms with Gasteiger partial charge in [0.1, 0.15) is 5.82 Å². The number of rotatable bonds is 3. The Kier molecular flexibility index (Phi) is 3.18. The van der Waals surface area contributed by atoms with Crippen LogP contribution in [-0.4, -0.2) is 35.1 Å². The van der Waals surface area contributed by atoms with Crippen LogP contribution in [0.15, 0.2) is 12.1 Å². The van der Waals surface area contributed by atoms with Crippen LogP contribution in [0.5, 0.6) is 0 Å². The van der Waals surface area contributed by atoms with Gasteiger partial charge in [0, 0.05) is 18.8 Å². The lowest BCUT2D eigenvalue weighted by atomic mass is 10.1. The number of carbonyl (C=O) groups excluding carboxylic acids is 1. The Hall–Kier alpha value is -2.11. The molecule has 1 unspecified atom stereocenters. The molecule has 1 saturated heterocycles. The summed E-state index contributed by atoms with van der Waals surface area (Å²) in [5, 5.41) is 8.97. The molecule has 1 aliphatic heterocycles. The van der Waals surface area contributed by atoms with Gasteiger partial charge in [-0.25, -0.2) is 4.98 Å². The average Bonchev–Trinajstić information content (AvgIpc) is 2.77. The highest BCUT2D eigenvalue weighted by molar-refractivity contribution is 5.97. The van der Waals surface area contributed by atoms with Gasteiger partial charge in [0.15, 0.2) is 0 Å². The normalized spacial score (nSPS) is 18.9. The maximum atomic E-state index is 11.3. The summed E-state index contributed by atoms with van der Waals surface area (Å²) >= 11 is 0. The lowest BCUT2D eigenvalue weighted by molar-refractivity contribution is -0.140. The monoisotopic (exact) mass is 249 g/mol. The van der Waals surface area contributed by atoms with E-state index in [0.717, 1.165) is 5.69 Å². The highest BCUT2D eigenvalue weighted by Gasteiger charge is 2.30. The van der Waals surface area contributed by atoms with E-state index in [4.69, 9.17) is 10.8 Å². The lowest BCUT2D eigenvalue weighted by Gasteiger charge is -2.19. The zero-order valence-corrected chi connectivity index (χ0v) is 10.1. The van der Waals surface area contributed by atoms with E-state index in [0.29, 0.717) is 30.9 Å². The van der Waals surface area contributed by atoms with Crippen LogP contribution in [0.2, 0.25) is 0 Å². The molecule has 1 amide bonds. The molecule has 6 heteroatoms. The first-order valence-electron chi connectivity index (χ1n) is 5.74. The summed E-state index contributed by atoms with van der Waals surface area (Å²) in [6.45, 7) is 2.76. The number of carbonyl (C=O) groups is 2. The summed E-state index contributed by atoms with van der Waals surface area (Å²) in [5.74, 6) is -1.28. The van der Waals surface area contributed by atoms with E-state index in [1.54, 1.807) is 12.1 Å². The van der Waals surface area contributed by atoms with Crippen LogP contribution in [0, 0.1) is 12.8 Å². The number of carboxylic acid groups (broad SMARTS) is 1. The lowest BCUT2D eigenvalue weighted by Crippen LogP contribution is -2.27. The minimum Gasteiger partial charge on any atom is -0.481 e. The third-order valence-electron chi connectivity index (χ3n) is 3.12. The van der Waals surface area contributed by atoms with Gasteiger partial charge in [-0.1, -0.05) is 0 Å². The zero-order chi connectivity index (χ0) is 13.3. The van der Waals surface area contributed by atoms with Crippen LogP contribution in [-0.2, 0) is 4.79 Å². The molecule has 0 bridgehead atoms. The molecule has 0 aliphatic carbocycles. The number of anilines is 1. The number of nitrogens with zero attached hydrogens (tertiary/aromatic N) is 2. The maximum Gasteiger partial charge on any atom is 0.308 e. The Balaban J connectivity index is 2.31. The average molecular weight is 249 g/mol. The fourth-order valence-corrected chi connectivity index (χ4v) is 2.13. The standard InChI is InChI=1S/C12H15N3O3/c1-7-2-3-9(10(13)16)11(14-7)15-5-4-8(6-15)12(17)18/h2-3,8H,4-6H2,1H3,(H2,13,16)(H,17,18). The summed E-state index contributed by atoms with van der Waals surface area (Å²) in [6.07, 6.45) is 0.559. The molecular formula is C12H15N3O3. The second-order valence-corrected chi connectivity index (χ2v) is 4.46. The van der Waals surface area contributed by atoms with Crippen LogP contribution in [0.3, 0.4) is 0 Å². The smallest absolute Gasteiger partial charge is 0.308 e. The van der Waals surface area contributed by atoms with E-state index in [1.807, 2.05) is 11.8 Å². The van der Waals surface area contributed by atoms with Crippen molar-refractivity contribution in [1.82, 2.24) is 4.98 Å². The molecule has 2 heterocycles. The second-order valence-electron chi connectivity index (χ2n) is 4.46. The molecular weight excluding hydrogens is 234 g/mol. The Morgan fingerprint density at radius 3 is 2.78 bits per heavy atom. The SMILES string of the molecule is Cc1ccc(C(N)=O)c(N2CCC(C(=O)O)C2)n1. The van der Waals surface area contributed by atoms with Crippen LogP contribution < -0.4 is 10.6 Å². The Morgan fingerprint density at radius 2 is 2.22 bits per heavy atom. The molecule has 1 fully saturated rings. The van der Waals surface area contributed by atoms with E-state index < -0.39 is 17.8 Å². The Bertz CT molecular complexity index is 501. The minimum atomic E-state index is -0.814. The molecule has 0 spiro atoms. The van der Waals surface area contributed by atoms with E-state index in [2.05, 4.69) is 4.98 Å². The van der Waals surface area contributed by atoms with Crippen molar-refractivity contribution in [2.24, 2.45) is 11.7 Å². The first kappa shape index (κ1) is 12.3. The number of aliphatic carboxylic acids is 1. The van der Waals surface area contributed by atoms with Crippen molar-refractivity contribution in [1.29, 1.82) is 0 Å². The van der Waals surface area contributed by atoms with Gasteiger partial charge in [-0.15, -0.1) is 0 Å². The summed E-state index contributed by atoms with van der Waals surface area (Å²) in [4.78, 5) is 28.4. The summed E-state index contributed by atoms with van der Waals surface area (Å²) in [6, 6.07) is 3.35. The van der Waals surface area contributed by atoms with Crippen LogP contribution >= 0.6 is 0 Å². The number of primary amides is 1. The number of carboxylic acids is 1. The van der Waals surface area contributed by atoms with Gasteiger partial charge >= 0.3 is 5.97 Å². The molecule has 0 aromatic carbocycles. The molecule has 1 atom stereocenters. The third-order valence-corrected chi connectivity index (χ3v) is 3.12. The molecule has 18 heavy (non-hydrogen) atoms. The fourth-order valence-electron chi connectivity index (χ4n) is 2.13. The molecule has 1 aromatic heterocycles. The molecule has 0 radical (unpaired) electrons. The van der Waals surface area contributed by atoms with E-state index in [1.165, 1.54) is 0 Å². The van der Waals surface area contributed by atoms with Crippen LogP contribution in [0.1, 0.15) is 22.5 Å². The molecule has 1 aromatic rings. The molecule has 96 valence electrons. The van der Waals surface area contributed by atoms with E-state index in [9.17, 15) is 9.59 Å². The predicted octanol–water partition coefficient (Wildman–Crippen LogP) is 0.400. The van der Waals surface area contributed by atoms with Gasteiger partial charge in [-0.2, -0.15) is 0 Å². The molecule has 0 saturated carbocycles. The largest absolute Gasteiger partial charge is 0.481 e. The van der Waals surface area contributed by atoms with Crippen molar-refractivity contribution < 1.29 is 14.7 Å². The molecule has 1 aliphatic rings. The predicted molar refractivity (Wildman–Crippen MR) is 65.4 cm³/mol. The van der Waals surface area contributed by atoms with Crippen molar-refractivity contribution in [3.05, 3.63) is 23.4 Å². The van der Waals surface area contributed by atoms with Crippen LogP contribution in [0.4, 0.5) is 5.82 Å². The fraction of sp³-hybridized carbons (Fsp3) is 0.417. The van der Waals surface area contributed by atoms with Gasteiger partial charge in [0.25, 0.3) is 5.91 Å². The Morgan fingerprint density at radius 1 is 1.50 bits per heavy atom. The Labute approximate surface area is 104 Å². The summed E-state index contributed by atoms with van der Waals surface area (Å²) < 4.78 is 0. The number of amides is 1. The molecule has 3 N–H and O–H groups in total. The number of nitrogens with two attached hydrogens (primary N) is 1. The van der Waals surface area contributed by atoms with E-state index >= 15 is 0 Å². The topological polar surface area (TPSA) is 96.5 Å². The van der Waals surface area contributed by atoms with Crippen molar-refractivity contribution in [2.75, 3.05) is 18.0 Å². The van der Waals surface area contributed by atoms with Gasteiger partial charge in [-0.3, -0.25) is 9.59 Å². The van der Waals surface area contributed by atoms with Gasteiger partial charge in [0.2, 0.25) is 0 Å². The van der Waals surface area contributed by atoms with Crippen LogP contribution in [0.25, 0.3) is 0 Å². The van der Waals surface area contributed by atoms with Gasteiger partial charge in [-0.05, 0) is 25.5 Å². The number of aromatic nitrogens is 1. The highest BCUT2D eigenvalue weighted by Crippen LogP contribution is 2.25. The number of hydrogen-bond donors (Lipinski definition) is 2. The quantitative estimate of drug-likeness (QED) is 0.808. The van der Waals surface area contributed by atoms with Crippen molar-refractivity contribution in [2.45, 2.75) is 13.3 Å². The first-order chi connectivity index (χ1) is 8.49. The number of aryl methyl sites for hydroxylation is 1. The van der Waals surface area contributed by atoms with Gasteiger partial charge in [0.05, 0.1) is 11.5 Å². The maximum absolute atomic E-state index is 11.3.